The Labute approximate surface area is 131 Å². The molecule has 0 amide bonds. The van der Waals surface area contributed by atoms with E-state index in [0.717, 1.165) is 11.3 Å². The predicted octanol–water partition coefficient (Wildman–Crippen LogP) is 4.86. The first-order valence-electron chi connectivity index (χ1n) is 7.03. The van der Waals surface area contributed by atoms with E-state index in [4.69, 9.17) is 16.3 Å². The summed E-state index contributed by atoms with van der Waals surface area (Å²) in [6.07, 6.45) is 0.687. The van der Waals surface area contributed by atoms with Gasteiger partial charge in [-0.05, 0) is 37.1 Å². The zero-order chi connectivity index (χ0) is 15.1. The van der Waals surface area contributed by atoms with E-state index in [1.54, 1.807) is 0 Å². The van der Waals surface area contributed by atoms with Crippen LogP contribution in [0.4, 0.5) is 0 Å². The van der Waals surface area contributed by atoms with Gasteiger partial charge in [0.15, 0.2) is 0 Å². The molecule has 0 aromatic heterocycles. The number of rotatable bonds is 4. The Balaban J connectivity index is 2.13. The molecule has 0 bridgehead atoms. The SMILES string of the molecule is Cc1ccc(C)c(COc2ccccc2C#CCCCl)c1. The van der Waals surface area contributed by atoms with Crippen LogP contribution in [0.2, 0.25) is 0 Å². The van der Waals surface area contributed by atoms with Crippen LogP contribution >= 0.6 is 11.6 Å². The van der Waals surface area contributed by atoms with Gasteiger partial charge in [-0.15, -0.1) is 11.6 Å². The van der Waals surface area contributed by atoms with Gasteiger partial charge in [0.2, 0.25) is 0 Å². The number of hydrogen-bond acceptors (Lipinski definition) is 1. The molecule has 0 aliphatic carbocycles. The van der Waals surface area contributed by atoms with Gasteiger partial charge in [-0.1, -0.05) is 47.7 Å². The highest BCUT2D eigenvalue weighted by Crippen LogP contribution is 2.20. The van der Waals surface area contributed by atoms with Crippen LogP contribution in [0.15, 0.2) is 42.5 Å². The van der Waals surface area contributed by atoms with Crippen molar-refractivity contribution in [3.8, 4) is 17.6 Å². The van der Waals surface area contributed by atoms with E-state index in [-0.39, 0.29) is 0 Å². The largest absolute Gasteiger partial charge is 0.488 e. The third kappa shape index (κ3) is 4.55. The lowest BCUT2D eigenvalue weighted by molar-refractivity contribution is 0.304. The predicted molar refractivity (Wildman–Crippen MR) is 88.9 cm³/mol. The first-order valence-corrected chi connectivity index (χ1v) is 7.57. The lowest BCUT2D eigenvalue weighted by Gasteiger charge is -2.11. The molecule has 0 atom stereocenters. The van der Waals surface area contributed by atoms with E-state index < -0.39 is 0 Å². The van der Waals surface area contributed by atoms with Gasteiger partial charge in [0.25, 0.3) is 0 Å². The topological polar surface area (TPSA) is 9.23 Å². The lowest BCUT2D eigenvalue weighted by atomic mass is 10.1. The molecule has 108 valence electrons. The van der Waals surface area contributed by atoms with Crippen molar-refractivity contribution in [1.82, 2.24) is 0 Å². The average molecular weight is 299 g/mol. The van der Waals surface area contributed by atoms with Crippen molar-refractivity contribution in [2.75, 3.05) is 5.88 Å². The quantitative estimate of drug-likeness (QED) is 0.578. The van der Waals surface area contributed by atoms with E-state index in [1.165, 1.54) is 16.7 Å². The molecule has 0 unspecified atom stereocenters. The molecule has 0 spiro atoms. The molecule has 0 fully saturated rings. The second-order valence-corrected chi connectivity index (χ2v) is 5.33. The number of hydrogen-bond donors (Lipinski definition) is 0. The summed E-state index contributed by atoms with van der Waals surface area (Å²) in [6.45, 7) is 4.75. The maximum absolute atomic E-state index is 5.95. The maximum Gasteiger partial charge on any atom is 0.135 e. The monoisotopic (exact) mass is 298 g/mol. The Morgan fingerprint density at radius 2 is 1.90 bits per heavy atom. The second kappa shape index (κ2) is 7.76. The number of aryl methyl sites for hydroxylation is 2. The summed E-state index contributed by atoms with van der Waals surface area (Å²) in [5.41, 5.74) is 4.60. The summed E-state index contributed by atoms with van der Waals surface area (Å²) in [5.74, 6) is 7.54. The number of ether oxygens (including phenoxy) is 1. The van der Waals surface area contributed by atoms with Crippen molar-refractivity contribution >= 4 is 11.6 Å². The number of alkyl halides is 1. The highest BCUT2D eigenvalue weighted by molar-refractivity contribution is 6.18. The van der Waals surface area contributed by atoms with E-state index in [2.05, 4.69) is 43.9 Å². The second-order valence-electron chi connectivity index (χ2n) is 4.96. The van der Waals surface area contributed by atoms with Crippen LogP contribution in [0.25, 0.3) is 0 Å². The van der Waals surface area contributed by atoms with Crippen molar-refractivity contribution in [2.45, 2.75) is 26.9 Å². The van der Waals surface area contributed by atoms with Gasteiger partial charge >= 0.3 is 0 Å². The van der Waals surface area contributed by atoms with Crippen LogP contribution in [-0.4, -0.2) is 5.88 Å². The molecule has 2 rings (SSSR count). The van der Waals surface area contributed by atoms with Crippen LogP contribution in [0, 0.1) is 25.7 Å². The summed E-state index contributed by atoms with van der Waals surface area (Å²) in [7, 11) is 0. The Bertz CT molecular complexity index is 665. The molecule has 2 aromatic carbocycles. The van der Waals surface area contributed by atoms with Crippen LogP contribution in [-0.2, 0) is 6.61 Å². The van der Waals surface area contributed by atoms with E-state index >= 15 is 0 Å². The van der Waals surface area contributed by atoms with Crippen LogP contribution in [0.3, 0.4) is 0 Å². The first kappa shape index (κ1) is 15.5. The molecule has 2 heteroatoms. The summed E-state index contributed by atoms with van der Waals surface area (Å²) >= 11 is 5.65. The number of halogens is 1. The highest BCUT2D eigenvalue weighted by Gasteiger charge is 2.03. The number of para-hydroxylation sites is 1. The Morgan fingerprint density at radius 1 is 1.10 bits per heavy atom. The molecule has 0 N–H and O–H groups in total. The first-order chi connectivity index (χ1) is 10.2. The third-order valence-corrected chi connectivity index (χ3v) is 3.41. The number of benzene rings is 2. The van der Waals surface area contributed by atoms with E-state index in [1.807, 2.05) is 24.3 Å². The lowest BCUT2D eigenvalue weighted by Crippen LogP contribution is -1.99. The summed E-state index contributed by atoms with van der Waals surface area (Å²) in [4.78, 5) is 0. The molecular weight excluding hydrogens is 280 g/mol. The van der Waals surface area contributed by atoms with Gasteiger partial charge in [-0.25, -0.2) is 0 Å². The fourth-order valence-electron chi connectivity index (χ4n) is 2.01. The van der Waals surface area contributed by atoms with Crippen LogP contribution in [0.5, 0.6) is 5.75 Å². The molecule has 1 nitrogen and oxygen atoms in total. The molecule has 0 aliphatic rings. The minimum Gasteiger partial charge on any atom is -0.488 e. The summed E-state index contributed by atoms with van der Waals surface area (Å²) in [5, 5.41) is 0. The van der Waals surface area contributed by atoms with Crippen LogP contribution < -0.4 is 4.74 Å². The van der Waals surface area contributed by atoms with Crippen molar-refractivity contribution in [3.05, 3.63) is 64.7 Å². The van der Waals surface area contributed by atoms with Gasteiger partial charge in [-0.3, -0.25) is 0 Å². The Hall–Kier alpha value is -1.91. The van der Waals surface area contributed by atoms with Crippen molar-refractivity contribution in [2.24, 2.45) is 0 Å². The zero-order valence-electron chi connectivity index (χ0n) is 12.4. The average Bonchev–Trinajstić information content (AvgIpc) is 2.49. The van der Waals surface area contributed by atoms with Crippen LogP contribution in [0.1, 0.15) is 28.7 Å². The van der Waals surface area contributed by atoms with E-state index in [0.29, 0.717) is 18.9 Å². The summed E-state index contributed by atoms with van der Waals surface area (Å²) < 4.78 is 5.95. The third-order valence-electron chi connectivity index (χ3n) is 3.22. The Kier molecular flexibility index (Phi) is 5.72. The minimum absolute atomic E-state index is 0.554. The highest BCUT2D eigenvalue weighted by atomic mass is 35.5. The van der Waals surface area contributed by atoms with E-state index in [9.17, 15) is 0 Å². The van der Waals surface area contributed by atoms with Gasteiger partial charge in [0, 0.05) is 12.3 Å². The van der Waals surface area contributed by atoms with Gasteiger partial charge in [0.05, 0.1) is 5.56 Å². The van der Waals surface area contributed by atoms with Crippen molar-refractivity contribution in [3.63, 3.8) is 0 Å². The molecule has 0 saturated carbocycles. The molecule has 0 radical (unpaired) electrons. The molecule has 0 heterocycles. The molecule has 21 heavy (non-hydrogen) atoms. The smallest absolute Gasteiger partial charge is 0.135 e. The fraction of sp³-hybridized carbons (Fsp3) is 0.263. The standard InChI is InChI=1S/C19H19ClO/c1-15-10-11-16(2)18(13-15)14-21-19-9-4-3-7-17(19)8-5-6-12-20/h3-4,7,9-11,13H,6,12,14H2,1-2H3. The Morgan fingerprint density at radius 3 is 2.71 bits per heavy atom. The van der Waals surface area contributed by atoms with Gasteiger partial charge in [0.1, 0.15) is 12.4 Å². The van der Waals surface area contributed by atoms with Crippen molar-refractivity contribution < 1.29 is 4.74 Å². The minimum atomic E-state index is 0.554. The van der Waals surface area contributed by atoms with Crippen molar-refractivity contribution in [1.29, 1.82) is 0 Å². The zero-order valence-corrected chi connectivity index (χ0v) is 13.2. The summed E-state index contributed by atoms with van der Waals surface area (Å²) in [6, 6.07) is 14.3. The molecule has 0 saturated heterocycles. The molecular formula is C19H19ClO. The van der Waals surface area contributed by atoms with Gasteiger partial charge in [-0.2, -0.15) is 0 Å². The fourth-order valence-corrected chi connectivity index (χ4v) is 2.11. The molecule has 2 aromatic rings. The van der Waals surface area contributed by atoms with Gasteiger partial charge < -0.3 is 4.74 Å². The maximum atomic E-state index is 5.95. The normalized spacial score (nSPS) is 9.86. The molecule has 0 aliphatic heterocycles.